The van der Waals surface area contributed by atoms with E-state index in [0.717, 1.165) is 12.1 Å². The lowest BCUT2D eigenvalue weighted by atomic mass is 10.2. The van der Waals surface area contributed by atoms with E-state index < -0.39 is 61.4 Å². The fourth-order valence-corrected chi connectivity index (χ4v) is 3.12. The van der Waals surface area contributed by atoms with Crippen LogP contribution in [-0.2, 0) is 11.4 Å². The smallest absolute Gasteiger partial charge is 0.485 e. The molecule has 4 N–H and O–H groups in total. The summed E-state index contributed by atoms with van der Waals surface area (Å²) >= 11 is 0. The van der Waals surface area contributed by atoms with Gasteiger partial charge in [0.15, 0.2) is 11.4 Å². The van der Waals surface area contributed by atoms with E-state index in [1.54, 1.807) is 18.3 Å². The van der Waals surface area contributed by atoms with Crippen LogP contribution in [0.15, 0.2) is 30.5 Å². The highest BCUT2D eigenvalue weighted by Gasteiger charge is 2.38. The first-order valence-corrected chi connectivity index (χ1v) is 10.9. The van der Waals surface area contributed by atoms with Gasteiger partial charge in [0.2, 0.25) is 0 Å². The van der Waals surface area contributed by atoms with Crippen LogP contribution in [0.1, 0.15) is 27.3 Å². The molecule has 3 rings (SSSR count). The van der Waals surface area contributed by atoms with Gasteiger partial charge in [0, 0.05) is 6.20 Å². The Bertz CT molecular complexity index is 1390. The third-order valence-electron chi connectivity index (χ3n) is 4.89. The van der Waals surface area contributed by atoms with Gasteiger partial charge >= 0.3 is 18.2 Å². The standard InChI is InChI=1S/C21H20F4N4O4.C2HF3O2/c1-11-6-16(33-8-13-14(22)4-3-5-15(13)23)18-28-12(2)17(29(18)7-11)19(30)26-9-21(24,25)10-27-20(31)32;3-2(4,5)1(6)7/h3-7,27H,8-10H2,1-2H3,(H,26,30)(H,31,32);(H,6,7). The van der Waals surface area contributed by atoms with Crippen molar-refractivity contribution in [1.82, 2.24) is 20.0 Å². The first-order chi connectivity index (χ1) is 18.4. The van der Waals surface area contributed by atoms with Crippen molar-refractivity contribution in [3.63, 3.8) is 0 Å². The van der Waals surface area contributed by atoms with Crippen LogP contribution in [0.2, 0.25) is 0 Å². The van der Waals surface area contributed by atoms with Crippen molar-refractivity contribution in [3.8, 4) is 5.75 Å². The number of imidazole rings is 1. The number of carboxylic acids is 1. The summed E-state index contributed by atoms with van der Waals surface area (Å²) in [6, 6.07) is 4.98. The fourth-order valence-electron chi connectivity index (χ4n) is 3.12. The second kappa shape index (κ2) is 12.5. The van der Waals surface area contributed by atoms with Crippen LogP contribution in [0.5, 0.6) is 5.75 Å². The molecule has 40 heavy (non-hydrogen) atoms. The van der Waals surface area contributed by atoms with E-state index >= 15 is 0 Å². The number of carboxylic acid groups (broad SMARTS) is 2. The van der Waals surface area contributed by atoms with E-state index in [2.05, 4.69) is 10.3 Å². The number of carbonyl (C=O) groups is 3. The molecule has 0 aliphatic carbocycles. The number of ether oxygens (including phenoxy) is 1. The molecule has 218 valence electrons. The zero-order chi connectivity index (χ0) is 30.4. The summed E-state index contributed by atoms with van der Waals surface area (Å²) in [7, 11) is 0. The Morgan fingerprint density at radius 2 is 1.55 bits per heavy atom. The lowest BCUT2D eigenvalue weighted by molar-refractivity contribution is -0.192. The number of alkyl halides is 5. The number of fused-ring (bicyclic) bond motifs is 1. The molecule has 0 spiro atoms. The number of nitrogens with zero attached hydrogens (tertiary/aromatic N) is 2. The monoisotopic (exact) mass is 582 g/mol. The second-order valence-corrected chi connectivity index (χ2v) is 8.11. The van der Waals surface area contributed by atoms with Crippen molar-refractivity contribution < 1.29 is 60.1 Å². The Morgan fingerprint density at radius 1 is 1.00 bits per heavy atom. The molecule has 2 aromatic heterocycles. The number of pyridine rings is 1. The maximum Gasteiger partial charge on any atom is 0.490 e. The van der Waals surface area contributed by atoms with Crippen molar-refractivity contribution in [2.75, 3.05) is 13.1 Å². The van der Waals surface area contributed by atoms with Crippen LogP contribution < -0.4 is 15.4 Å². The number of amides is 2. The number of halogens is 7. The summed E-state index contributed by atoms with van der Waals surface area (Å²) in [5.74, 6) is -8.57. The van der Waals surface area contributed by atoms with Crippen LogP contribution in [0, 0.1) is 25.5 Å². The minimum Gasteiger partial charge on any atom is -0.485 e. The zero-order valence-corrected chi connectivity index (χ0v) is 20.6. The maximum atomic E-state index is 13.9. The van der Waals surface area contributed by atoms with Gasteiger partial charge in [-0.05, 0) is 37.6 Å². The van der Waals surface area contributed by atoms with Gasteiger partial charge in [0.1, 0.15) is 23.9 Å². The Kier molecular flexibility index (Phi) is 9.91. The number of hydrogen-bond acceptors (Lipinski definition) is 5. The van der Waals surface area contributed by atoms with Crippen molar-refractivity contribution in [2.45, 2.75) is 32.6 Å². The second-order valence-electron chi connectivity index (χ2n) is 8.11. The Hall–Kier alpha value is -4.57. The zero-order valence-electron chi connectivity index (χ0n) is 20.6. The quantitative estimate of drug-likeness (QED) is 0.293. The van der Waals surface area contributed by atoms with Gasteiger partial charge < -0.3 is 25.6 Å². The number of aliphatic carboxylic acids is 1. The van der Waals surface area contributed by atoms with Crippen LogP contribution in [0.4, 0.5) is 35.5 Å². The molecule has 0 radical (unpaired) electrons. The van der Waals surface area contributed by atoms with Gasteiger partial charge in [-0.2, -0.15) is 13.2 Å². The molecule has 2 heterocycles. The van der Waals surface area contributed by atoms with Gasteiger partial charge in [-0.15, -0.1) is 0 Å². The van der Waals surface area contributed by atoms with Gasteiger partial charge in [-0.25, -0.2) is 32.1 Å². The van der Waals surface area contributed by atoms with Gasteiger partial charge in [0.05, 0.1) is 24.3 Å². The molecule has 0 fully saturated rings. The first-order valence-electron chi connectivity index (χ1n) is 10.9. The lowest BCUT2D eigenvalue weighted by Gasteiger charge is -2.17. The molecule has 0 aliphatic heterocycles. The average Bonchev–Trinajstić information content (AvgIpc) is 3.16. The van der Waals surface area contributed by atoms with E-state index in [-0.39, 0.29) is 28.3 Å². The van der Waals surface area contributed by atoms with Crippen molar-refractivity contribution in [2.24, 2.45) is 0 Å². The predicted molar refractivity (Wildman–Crippen MR) is 122 cm³/mol. The van der Waals surface area contributed by atoms with Crippen molar-refractivity contribution >= 4 is 23.6 Å². The first kappa shape index (κ1) is 31.6. The molecule has 3 aromatic rings. The van der Waals surface area contributed by atoms with Crippen LogP contribution in [0.25, 0.3) is 5.65 Å². The highest BCUT2D eigenvalue weighted by molar-refractivity contribution is 5.95. The molecular formula is C23H21F7N4O6. The molecule has 0 aliphatic rings. The van der Waals surface area contributed by atoms with E-state index in [1.165, 1.54) is 23.6 Å². The third-order valence-corrected chi connectivity index (χ3v) is 4.89. The number of carbonyl (C=O) groups excluding carboxylic acids is 1. The van der Waals surface area contributed by atoms with E-state index in [1.807, 2.05) is 0 Å². The van der Waals surface area contributed by atoms with Crippen LogP contribution in [0.3, 0.4) is 0 Å². The summed E-state index contributed by atoms with van der Waals surface area (Å²) < 4.78 is 94.1. The van der Waals surface area contributed by atoms with E-state index in [9.17, 15) is 40.3 Å². The SMILES string of the molecule is Cc1cc(OCc2c(F)cccc2F)c2nc(C)c(C(=O)NCC(F)(F)CNC(=O)O)n2c1.O=C(O)C(F)(F)F. The van der Waals surface area contributed by atoms with Gasteiger partial charge in [-0.1, -0.05) is 6.07 Å². The van der Waals surface area contributed by atoms with Crippen LogP contribution in [-0.4, -0.2) is 62.8 Å². The Balaban J connectivity index is 0.000000708. The number of hydrogen-bond donors (Lipinski definition) is 4. The summed E-state index contributed by atoms with van der Waals surface area (Å²) in [6.45, 7) is 0.452. The number of benzene rings is 1. The minimum atomic E-state index is -5.08. The summed E-state index contributed by atoms with van der Waals surface area (Å²) in [4.78, 5) is 36.2. The molecule has 0 bridgehead atoms. The fraction of sp³-hybridized carbons (Fsp3) is 0.304. The van der Waals surface area contributed by atoms with Crippen molar-refractivity contribution in [1.29, 1.82) is 0 Å². The highest BCUT2D eigenvalue weighted by Crippen LogP contribution is 2.26. The third kappa shape index (κ3) is 8.47. The molecule has 17 heteroatoms. The number of aromatic nitrogens is 2. The highest BCUT2D eigenvalue weighted by atomic mass is 19.4. The number of nitrogens with one attached hydrogen (secondary N) is 2. The molecule has 0 atom stereocenters. The molecule has 0 saturated carbocycles. The summed E-state index contributed by atoms with van der Waals surface area (Å²) in [6.07, 6.45) is -5.16. The van der Waals surface area contributed by atoms with E-state index in [4.69, 9.17) is 19.7 Å². The average molecular weight is 582 g/mol. The normalized spacial score (nSPS) is 11.4. The Morgan fingerprint density at radius 3 is 2.08 bits per heavy atom. The number of aryl methyl sites for hydroxylation is 2. The lowest BCUT2D eigenvalue weighted by Crippen LogP contribution is -2.44. The molecule has 1 aromatic carbocycles. The topological polar surface area (TPSA) is 142 Å². The number of rotatable bonds is 8. The minimum absolute atomic E-state index is 0.0439. The van der Waals surface area contributed by atoms with Crippen molar-refractivity contribution in [3.05, 3.63) is 64.6 Å². The van der Waals surface area contributed by atoms with Gasteiger partial charge in [-0.3, -0.25) is 9.20 Å². The van der Waals surface area contributed by atoms with E-state index in [0.29, 0.717) is 5.56 Å². The van der Waals surface area contributed by atoms with Gasteiger partial charge in [0.25, 0.3) is 11.8 Å². The van der Waals surface area contributed by atoms with Crippen LogP contribution >= 0.6 is 0 Å². The molecule has 10 nitrogen and oxygen atoms in total. The Labute approximate surface area is 220 Å². The molecule has 2 amide bonds. The summed E-state index contributed by atoms with van der Waals surface area (Å²) in [5.41, 5.74) is 0.633. The molecular weight excluding hydrogens is 561 g/mol. The molecule has 0 unspecified atom stereocenters. The summed E-state index contributed by atoms with van der Waals surface area (Å²) in [5, 5.41) is 19.2. The predicted octanol–water partition coefficient (Wildman–Crippen LogP) is 4.07. The largest absolute Gasteiger partial charge is 0.490 e. The maximum absolute atomic E-state index is 13.9. The molecule has 0 saturated heterocycles.